The van der Waals surface area contributed by atoms with Gasteiger partial charge in [0.1, 0.15) is 11.4 Å². The number of hydrogen-bond donors (Lipinski definition) is 2. The van der Waals surface area contributed by atoms with Crippen molar-refractivity contribution >= 4 is 29.4 Å². The molecule has 3 aromatic rings. The molecule has 6 nitrogen and oxygen atoms in total. The van der Waals surface area contributed by atoms with Crippen LogP contribution in [0.15, 0.2) is 84.6 Å². The third-order valence-electron chi connectivity index (χ3n) is 4.48. The number of rotatable bonds is 7. The summed E-state index contributed by atoms with van der Waals surface area (Å²) in [5.41, 5.74) is 2.12. The number of amides is 2. The number of methoxy groups -OCH3 is 1. The molecule has 2 N–H and O–H groups in total. The Kier molecular flexibility index (Phi) is 6.96. The van der Waals surface area contributed by atoms with Crippen molar-refractivity contribution in [3.63, 3.8) is 0 Å². The first-order valence-corrected chi connectivity index (χ1v) is 9.61. The highest BCUT2D eigenvalue weighted by Gasteiger charge is 2.15. The van der Waals surface area contributed by atoms with E-state index in [0.717, 1.165) is 0 Å². The molecule has 0 aliphatic rings. The van der Waals surface area contributed by atoms with Crippen LogP contribution in [0, 0.1) is 0 Å². The van der Waals surface area contributed by atoms with Crippen LogP contribution in [0.25, 0.3) is 6.08 Å². The van der Waals surface area contributed by atoms with E-state index in [1.807, 2.05) is 0 Å². The van der Waals surface area contributed by atoms with Gasteiger partial charge in [-0.25, -0.2) is 0 Å². The molecule has 0 fully saturated rings. The van der Waals surface area contributed by atoms with Gasteiger partial charge in [0.2, 0.25) is 0 Å². The Hall–Kier alpha value is -4.19. The maximum atomic E-state index is 13.0. The van der Waals surface area contributed by atoms with E-state index in [9.17, 15) is 14.4 Å². The molecule has 0 unspecified atom stereocenters. The van der Waals surface area contributed by atoms with Crippen LogP contribution in [0.3, 0.4) is 0 Å². The molecule has 0 atom stereocenters. The van der Waals surface area contributed by atoms with Crippen molar-refractivity contribution in [2.24, 2.45) is 0 Å². The smallest absolute Gasteiger partial charge is 0.272 e. The minimum absolute atomic E-state index is 0.0623. The summed E-state index contributed by atoms with van der Waals surface area (Å²) in [7, 11) is 1.57. The van der Waals surface area contributed by atoms with E-state index in [0.29, 0.717) is 28.1 Å². The molecule has 0 saturated carbocycles. The van der Waals surface area contributed by atoms with Gasteiger partial charge in [0, 0.05) is 16.8 Å². The predicted molar refractivity (Wildman–Crippen MR) is 120 cm³/mol. The van der Waals surface area contributed by atoms with Crippen LogP contribution in [-0.4, -0.2) is 24.7 Å². The van der Waals surface area contributed by atoms with Crippen LogP contribution in [0.5, 0.6) is 5.75 Å². The summed E-state index contributed by atoms with van der Waals surface area (Å²) in [6.45, 7) is 1.45. The maximum Gasteiger partial charge on any atom is 0.272 e. The highest BCUT2D eigenvalue weighted by atomic mass is 16.5. The number of hydrogen-bond acceptors (Lipinski definition) is 4. The van der Waals surface area contributed by atoms with Gasteiger partial charge in [-0.3, -0.25) is 14.4 Å². The summed E-state index contributed by atoms with van der Waals surface area (Å²) in [5.74, 6) is -0.353. The molecule has 3 rings (SSSR count). The van der Waals surface area contributed by atoms with Crippen molar-refractivity contribution in [3.05, 3.63) is 101 Å². The van der Waals surface area contributed by atoms with Gasteiger partial charge in [-0.05, 0) is 55.0 Å². The standard InChI is InChI=1S/C25H22N2O4/c1-17(28)20-9-6-10-21(16-20)26-25(30)23(15-18-11-13-22(31-2)14-12-18)27-24(29)19-7-4-3-5-8-19/h3-16H,1-2H3,(H,26,30)(H,27,29)/b23-15-. The summed E-state index contributed by atoms with van der Waals surface area (Å²) in [5, 5.41) is 5.42. The number of anilines is 1. The lowest BCUT2D eigenvalue weighted by atomic mass is 10.1. The molecule has 6 heteroatoms. The number of benzene rings is 3. The molecule has 31 heavy (non-hydrogen) atoms. The number of carbonyl (C=O) groups excluding carboxylic acids is 3. The van der Waals surface area contributed by atoms with Crippen molar-refractivity contribution in [2.45, 2.75) is 6.92 Å². The van der Waals surface area contributed by atoms with Crippen molar-refractivity contribution in [1.29, 1.82) is 0 Å². The Balaban J connectivity index is 1.89. The Morgan fingerprint density at radius 1 is 0.839 bits per heavy atom. The Bertz CT molecular complexity index is 1120. The average molecular weight is 414 g/mol. The third kappa shape index (κ3) is 5.90. The van der Waals surface area contributed by atoms with Crippen LogP contribution in [0.4, 0.5) is 5.69 Å². The molecule has 156 valence electrons. The minimum Gasteiger partial charge on any atom is -0.497 e. The molecule has 0 heterocycles. The first-order valence-electron chi connectivity index (χ1n) is 9.61. The number of ketones is 1. The predicted octanol–water partition coefficient (Wildman–Crippen LogP) is 4.31. The lowest BCUT2D eigenvalue weighted by Gasteiger charge is -2.12. The maximum absolute atomic E-state index is 13.0. The summed E-state index contributed by atoms with van der Waals surface area (Å²) in [6, 6.07) is 22.3. The van der Waals surface area contributed by atoms with Gasteiger partial charge in [-0.15, -0.1) is 0 Å². The van der Waals surface area contributed by atoms with Crippen LogP contribution in [0.1, 0.15) is 33.2 Å². The highest BCUT2D eigenvalue weighted by molar-refractivity contribution is 6.11. The number of carbonyl (C=O) groups is 3. The van der Waals surface area contributed by atoms with E-state index in [1.54, 1.807) is 92.0 Å². The Labute approximate surface area is 180 Å². The summed E-state index contributed by atoms with van der Waals surface area (Å²) in [4.78, 5) is 37.3. The number of nitrogens with one attached hydrogen (secondary N) is 2. The highest BCUT2D eigenvalue weighted by Crippen LogP contribution is 2.16. The lowest BCUT2D eigenvalue weighted by molar-refractivity contribution is -0.113. The molecule has 0 spiro atoms. The topological polar surface area (TPSA) is 84.5 Å². The van der Waals surface area contributed by atoms with Gasteiger partial charge < -0.3 is 15.4 Å². The normalized spacial score (nSPS) is 10.8. The number of ether oxygens (including phenoxy) is 1. The molecule has 3 aromatic carbocycles. The lowest BCUT2D eigenvalue weighted by Crippen LogP contribution is -2.30. The SMILES string of the molecule is COc1ccc(/C=C(\NC(=O)c2ccccc2)C(=O)Nc2cccc(C(C)=O)c2)cc1. The van der Waals surface area contributed by atoms with Crippen LogP contribution in [-0.2, 0) is 4.79 Å². The fourth-order valence-corrected chi connectivity index (χ4v) is 2.82. The second-order valence-corrected chi connectivity index (χ2v) is 6.74. The molecule has 0 aromatic heterocycles. The van der Waals surface area contributed by atoms with Crippen molar-refractivity contribution in [3.8, 4) is 5.75 Å². The second-order valence-electron chi connectivity index (χ2n) is 6.74. The Morgan fingerprint density at radius 3 is 2.16 bits per heavy atom. The van der Waals surface area contributed by atoms with Crippen molar-refractivity contribution in [1.82, 2.24) is 5.32 Å². The van der Waals surface area contributed by atoms with Crippen molar-refractivity contribution < 1.29 is 19.1 Å². The zero-order valence-corrected chi connectivity index (χ0v) is 17.2. The molecule has 0 aliphatic heterocycles. The average Bonchev–Trinajstić information content (AvgIpc) is 2.79. The van der Waals surface area contributed by atoms with Gasteiger partial charge in [-0.1, -0.05) is 42.5 Å². The second kappa shape index (κ2) is 10.0. The van der Waals surface area contributed by atoms with E-state index in [4.69, 9.17) is 4.74 Å². The molecule has 0 radical (unpaired) electrons. The van der Waals surface area contributed by atoms with E-state index in [2.05, 4.69) is 10.6 Å². The zero-order valence-electron chi connectivity index (χ0n) is 17.2. The fraction of sp³-hybridized carbons (Fsp3) is 0.0800. The van der Waals surface area contributed by atoms with E-state index in [-0.39, 0.29) is 11.5 Å². The Morgan fingerprint density at radius 2 is 1.52 bits per heavy atom. The summed E-state index contributed by atoms with van der Waals surface area (Å²) in [6.07, 6.45) is 1.57. The first-order chi connectivity index (χ1) is 15.0. The quantitative estimate of drug-likeness (QED) is 0.446. The largest absolute Gasteiger partial charge is 0.497 e. The minimum atomic E-state index is -0.513. The van der Waals surface area contributed by atoms with Gasteiger partial charge in [0.25, 0.3) is 11.8 Å². The van der Waals surface area contributed by atoms with Crippen LogP contribution >= 0.6 is 0 Å². The van der Waals surface area contributed by atoms with E-state index >= 15 is 0 Å². The molecular weight excluding hydrogens is 392 g/mol. The summed E-state index contributed by atoms with van der Waals surface area (Å²) < 4.78 is 5.16. The molecule has 0 aliphatic carbocycles. The van der Waals surface area contributed by atoms with E-state index in [1.165, 1.54) is 6.92 Å². The van der Waals surface area contributed by atoms with Crippen LogP contribution in [0.2, 0.25) is 0 Å². The van der Waals surface area contributed by atoms with Crippen molar-refractivity contribution in [2.75, 3.05) is 12.4 Å². The van der Waals surface area contributed by atoms with Crippen LogP contribution < -0.4 is 15.4 Å². The van der Waals surface area contributed by atoms with E-state index < -0.39 is 11.8 Å². The molecule has 2 amide bonds. The molecular formula is C25H22N2O4. The fourth-order valence-electron chi connectivity index (χ4n) is 2.82. The first kappa shape index (κ1) is 21.5. The van der Waals surface area contributed by atoms with Gasteiger partial charge in [0.15, 0.2) is 5.78 Å². The van der Waals surface area contributed by atoms with Gasteiger partial charge >= 0.3 is 0 Å². The molecule has 0 bridgehead atoms. The summed E-state index contributed by atoms with van der Waals surface area (Å²) >= 11 is 0. The van der Waals surface area contributed by atoms with Gasteiger partial charge in [-0.2, -0.15) is 0 Å². The monoisotopic (exact) mass is 414 g/mol. The third-order valence-corrected chi connectivity index (χ3v) is 4.48. The number of Topliss-reactive ketones (excluding diaryl/α,β-unsaturated/α-hetero) is 1. The zero-order chi connectivity index (χ0) is 22.2. The molecule has 0 saturated heterocycles. The van der Waals surface area contributed by atoms with Gasteiger partial charge in [0.05, 0.1) is 7.11 Å².